The molecule has 13 heavy (non-hydrogen) atoms. The first-order valence-corrected chi connectivity index (χ1v) is 4.49. The fourth-order valence-corrected chi connectivity index (χ4v) is 0.945. The fourth-order valence-electron chi connectivity index (χ4n) is 0.773. The zero-order valence-electron chi connectivity index (χ0n) is 7.55. The summed E-state index contributed by atoms with van der Waals surface area (Å²) < 4.78 is 0. The first kappa shape index (κ1) is 9.99. The third kappa shape index (κ3) is 3.03. The predicted octanol–water partition coefficient (Wildman–Crippen LogP) is 2.51. The summed E-state index contributed by atoms with van der Waals surface area (Å²) in [5, 5.41) is 3.45. The van der Waals surface area contributed by atoms with Crippen molar-refractivity contribution in [3.05, 3.63) is 29.7 Å². The molecular formula is C9H12ClN3. The molecule has 3 nitrogen and oxygen atoms in total. The van der Waals surface area contributed by atoms with Crippen molar-refractivity contribution in [3.8, 4) is 0 Å². The smallest absolute Gasteiger partial charge is 0.171 e. The average molecular weight is 198 g/mol. The summed E-state index contributed by atoms with van der Waals surface area (Å²) in [6, 6.07) is 0. The Morgan fingerprint density at radius 1 is 1.54 bits per heavy atom. The quantitative estimate of drug-likeness (QED) is 0.754. The lowest BCUT2D eigenvalue weighted by Crippen LogP contribution is -2.05. The van der Waals surface area contributed by atoms with Gasteiger partial charge in [0.1, 0.15) is 0 Å². The molecule has 1 aromatic rings. The first-order chi connectivity index (χ1) is 6.24. The van der Waals surface area contributed by atoms with Crippen LogP contribution in [0.1, 0.15) is 13.3 Å². The minimum atomic E-state index is 0.395. The van der Waals surface area contributed by atoms with Crippen molar-refractivity contribution >= 4 is 17.4 Å². The van der Waals surface area contributed by atoms with Crippen LogP contribution in [-0.4, -0.2) is 16.5 Å². The monoisotopic (exact) mass is 197 g/mol. The van der Waals surface area contributed by atoms with Crippen molar-refractivity contribution in [2.75, 3.05) is 11.9 Å². The van der Waals surface area contributed by atoms with Crippen molar-refractivity contribution in [2.45, 2.75) is 13.3 Å². The van der Waals surface area contributed by atoms with E-state index in [-0.39, 0.29) is 0 Å². The lowest BCUT2D eigenvalue weighted by molar-refractivity contribution is 1.03. The molecule has 0 unspecified atom stereocenters. The summed E-state index contributed by atoms with van der Waals surface area (Å²) in [5.41, 5.74) is 1.11. The molecule has 4 heteroatoms. The molecule has 0 saturated heterocycles. The van der Waals surface area contributed by atoms with E-state index in [1.165, 1.54) is 0 Å². The summed E-state index contributed by atoms with van der Waals surface area (Å²) in [4.78, 5) is 7.93. The van der Waals surface area contributed by atoms with E-state index in [4.69, 9.17) is 11.6 Å². The second-order valence-electron chi connectivity index (χ2n) is 2.65. The highest BCUT2D eigenvalue weighted by Crippen LogP contribution is 2.14. The zero-order chi connectivity index (χ0) is 9.68. The van der Waals surface area contributed by atoms with Crippen LogP contribution in [0.25, 0.3) is 0 Å². The highest BCUT2D eigenvalue weighted by molar-refractivity contribution is 6.31. The van der Waals surface area contributed by atoms with Crippen LogP contribution in [0.2, 0.25) is 5.15 Å². The van der Waals surface area contributed by atoms with Gasteiger partial charge in [0.2, 0.25) is 0 Å². The molecule has 0 bridgehead atoms. The Bertz CT molecular complexity index is 299. The number of nitrogens with one attached hydrogen (secondary N) is 1. The maximum absolute atomic E-state index is 5.79. The largest absolute Gasteiger partial charge is 0.364 e. The van der Waals surface area contributed by atoms with Gasteiger partial charge < -0.3 is 5.32 Å². The maximum atomic E-state index is 5.79. The minimum absolute atomic E-state index is 0.395. The van der Waals surface area contributed by atoms with Gasteiger partial charge in [-0.2, -0.15) is 0 Å². The van der Waals surface area contributed by atoms with E-state index in [0.29, 0.717) is 17.5 Å². The number of nitrogens with zero attached hydrogens (tertiary/aromatic N) is 2. The number of halogens is 1. The SMILES string of the molecule is C=C(CC)CNc1nccnc1Cl. The van der Waals surface area contributed by atoms with Crippen LogP contribution in [-0.2, 0) is 0 Å². The van der Waals surface area contributed by atoms with E-state index < -0.39 is 0 Å². The molecule has 0 aliphatic heterocycles. The Hall–Kier alpha value is -1.09. The molecule has 0 amide bonds. The van der Waals surface area contributed by atoms with Crippen LogP contribution >= 0.6 is 11.6 Å². The molecule has 0 fully saturated rings. The normalized spacial score (nSPS) is 9.69. The van der Waals surface area contributed by atoms with Crippen LogP contribution in [0.4, 0.5) is 5.82 Å². The van der Waals surface area contributed by atoms with Gasteiger partial charge in [0.25, 0.3) is 0 Å². The summed E-state index contributed by atoms with van der Waals surface area (Å²) in [7, 11) is 0. The molecule has 70 valence electrons. The Balaban J connectivity index is 2.54. The van der Waals surface area contributed by atoms with Gasteiger partial charge in [-0.25, -0.2) is 9.97 Å². The van der Waals surface area contributed by atoms with Gasteiger partial charge in [0.15, 0.2) is 11.0 Å². The second kappa shape index (κ2) is 4.82. The van der Waals surface area contributed by atoms with Crippen molar-refractivity contribution in [2.24, 2.45) is 0 Å². The van der Waals surface area contributed by atoms with Gasteiger partial charge in [-0.3, -0.25) is 0 Å². The molecule has 1 rings (SSSR count). The topological polar surface area (TPSA) is 37.8 Å². The molecule has 1 aromatic heterocycles. The Kier molecular flexibility index (Phi) is 3.71. The van der Waals surface area contributed by atoms with Gasteiger partial charge in [-0.05, 0) is 6.42 Å². The van der Waals surface area contributed by atoms with E-state index in [1.807, 2.05) is 0 Å². The highest BCUT2D eigenvalue weighted by Gasteiger charge is 2.00. The van der Waals surface area contributed by atoms with Crippen LogP contribution in [0.15, 0.2) is 24.5 Å². The summed E-state index contributed by atoms with van der Waals surface area (Å²) in [6.07, 6.45) is 4.11. The van der Waals surface area contributed by atoms with E-state index >= 15 is 0 Å². The van der Waals surface area contributed by atoms with E-state index in [9.17, 15) is 0 Å². The van der Waals surface area contributed by atoms with Crippen molar-refractivity contribution < 1.29 is 0 Å². The molecule has 0 aliphatic rings. The molecule has 0 aromatic carbocycles. The molecule has 1 heterocycles. The Morgan fingerprint density at radius 3 is 2.85 bits per heavy atom. The molecule has 0 saturated carbocycles. The third-order valence-electron chi connectivity index (χ3n) is 1.66. The first-order valence-electron chi connectivity index (χ1n) is 4.11. The van der Waals surface area contributed by atoms with Gasteiger partial charge in [0.05, 0.1) is 0 Å². The number of hydrogen-bond acceptors (Lipinski definition) is 3. The molecule has 0 atom stereocenters. The van der Waals surface area contributed by atoms with Crippen LogP contribution in [0, 0.1) is 0 Å². The fraction of sp³-hybridized carbons (Fsp3) is 0.333. The number of aromatic nitrogens is 2. The summed E-state index contributed by atoms with van der Waals surface area (Å²) in [6.45, 7) is 6.61. The van der Waals surface area contributed by atoms with Gasteiger partial charge >= 0.3 is 0 Å². The van der Waals surface area contributed by atoms with Crippen LogP contribution in [0.5, 0.6) is 0 Å². The van der Waals surface area contributed by atoms with Crippen molar-refractivity contribution in [1.29, 1.82) is 0 Å². The molecule has 1 N–H and O–H groups in total. The number of hydrogen-bond donors (Lipinski definition) is 1. The van der Waals surface area contributed by atoms with E-state index in [1.54, 1.807) is 12.4 Å². The number of anilines is 1. The van der Waals surface area contributed by atoms with Gasteiger partial charge in [-0.1, -0.05) is 30.7 Å². The van der Waals surface area contributed by atoms with Crippen LogP contribution < -0.4 is 5.32 Å². The number of rotatable bonds is 4. The van der Waals surface area contributed by atoms with Crippen molar-refractivity contribution in [1.82, 2.24) is 9.97 Å². The maximum Gasteiger partial charge on any atom is 0.171 e. The lowest BCUT2D eigenvalue weighted by atomic mass is 10.2. The molecular weight excluding hydrogens is 186 g/mol. The predicted molar refractivity (Wildman–Crippen MR) is 55.0 cm³/mol. The lowest BCUT2D eigenvalue weighted by Gasteiger charge is -2.06. The van der Waals surface area contributed by atoms with Crippen molar-refractivity contribution in [3.63, 3.8) is 0 Å². The molecule has 0 aliphatic carbocycles. The minimum Gasteiger partial charge on any atom is -0.364 e. The molecule has 0 spiro atoms. The van der Waals surface area contributed by atoms with E-state index in [0.717, 1.165) is 12.0 Å². The highest BCUT2D eigenvalue weighted by atomic mass is 35.5. The standard InChI is InChI=1S/C9H12ClN3/c1-3-7(2)6-13-9-8(10)11-4-5-12-9/h4-5H,2-3,6H2,1H3,(H,12,13). The second-order valence-corrected chi connectivity index (χ2v) is 3.01. The van der Waals surface area contributed by atoms with Crippen LogP contribution in [0.3, 0.4) is 0 Å². The van der Waals surface area contributed by atoms with E-state index in [2.05, 4.69) is 28.8 Å². The van der Waals surface area contributed by atoms with Gasteiger partial charge in [0, 0.05) is 18.9 Å². The summed E-state index contributed by atoms with van der Waals surface area (Å²) >= 11 is 5.79. The third-order valence-corrected chi connectivity index (χ3v) is 1.94. The Labute approximate surface area is 82.9 Å². The summed E-state index contributed by atoms with van der Waals surface area (Å²) in [5.74, 6) is 0.610. The molecule has 0 radical (unpaired) electrons. The zero-order valence-corrected chi connectivity index (χ0v) is 8.30. The average Bonchev–Trinajstić information content (AvgIpc) is 2.16. The Morgan fingerprint density at radius 2 is 2.23 bits per heavy atom. The van der Waals surface area contributed by atoms with Gasteiger partial charge in [-0.15, -0.1) is 0 Å².